The maximum absolute atomic E-state index is 10.1. The third-order valence-electron chi connectivity index (χ3n) is 1.31. The highest BCUT2D eigenvalue weighted by atomic mass is 79.9. The van der Waals surface area contributed by atoms with Gasteiger partial charge in [-0.05, 0) is 12.3 Å². The van der Waals surface area contributed by atoms with Crippen LogP contribution < -0.4 is 0 Å². The van der Waals surface area contributed by atoms with Crippen LogP contribution in [0.2, 0.25) is 0 Å². The van der Waals surface area contributed by atoms with Crippen LogP contribution in [-0.2, 0) is 4.79 Å². The van der Waals surface area contributed by atoms with Gasteiger partial charge in [-0.1, -0.05) is 83.0 Å². The van der Waals surface area contributed by atoms with E-state index in [0.29, 0.717) is 6.29 Å². The van der Waals surface area contributed by atoms with Crippen molar-refractivity contribution < 1.29 is 4.79 Å². The van der Waals surface area contributed by atoms with E-state index in [9.17, 15) is 4.79 Å². The molecule has 0 aromatic carbocycles. The van der Waals surface area contributed by atoms with Crippen LogP contribution in [0.25, 0.3) is 0 Å². The van der Waals surface area contributed by atoms with Gasteiger partial charge in [-0.15, -0.1) is 0 Å². The fourth-order valence-electron chi connectivity index (χ4n) is 0.683. The molecule has 5 heteroatoms. The minimum Gasteiger partial charge on any atom is -0.289 e. The molecule has 74 valence electrons. The molecule has 0 amide bonds. The second-order valence-electron chi connectivity index (χ2n) is 2.42. The van der Waals surface area contributed by atoms with Crippen molar-refractivity contribution in [3.05, 3.63) is 0 Å². The highest BCUT2D eigenvalue weighted by Gasteiger charge is 2.42. The second-order valence-corrected chi connectivity index (χ2v) is 9.63. The third-order valence-corrected chi connectivity index (χ3v) is 7.17. The predicted octanol–water partition coefficient (Wildman–Crippen LogP) is 3.96. The van der Waals surface area contributed by atoms with E-state index in [1.807, 2.05) is 0 Å². The molecule has 0 aromatic rings. The zero-order chi connectivity index (χ0) is 10.5. The zero-order valence-electron chi connectivity index (χ0n) is 6.91. The highest BCUT2D eigenvalue weighted by molar-refractivity contribution is 9.30. The van der Waals surface area contributed by atoms with Gasteiger partial charge in [0.2, 0.25) is 0 Å². The number of hydrogen-bond acceptors (Lipinski definition) is 1. The van der Waals surface area contributed by atoms with Crippen molar-refractivity contribution in [1.82, 2.24) is 0 Å². The van der Waals surface area contributed by atoms with Crippen molar-refractivity contribution in [2.24, 2.45) is 0 Å². The number of alkyl halides is 4. The molecule has 0 saturated carbocycles. The fraction of sp³-hybridized carbons (Fsp3) is 0.625. The summed E-state index contributed by atoms with van der Waals surface area (Å²) < 4.78 is -1.01. The van der Waals surface area contributed by atoms with Gasteiger partial charge in [0.1, 0.15) is 3.23 Å². The molecule has 0 rings (SSSR count). The number of aldehydes is 1. The molecule has 0 aromatic heterocycles. The molecule has 0 N–H and O–H groups in total. The van der Waals surface area contributed by atoms with Gasteiger partial charge >= 0.3 is 0 Å². The van der Waals surface area contributed by atoms with Gasteiger partial charge in [-0.25, -0.2) is 0 Å². The minimum atomic E-state index is -0.635. The average molecular weight is 440 g/mol. The second kappa shape index (κ2) is 5.89. The summed E-state index contributed by atoms with van der Waals surface area (Å²) in [6.45, 7) is 2.07. The number of rotatable bonds is 3. The van der Waals surface area contributed by atoms with Gasteiger partial charge in [-0.2, -0.15) is 0 Å². The lowest BCUT2D eigenvalue weighted by molar-refractivity contribution is -0.103. The van der Waals surface area contributed by atoms with Crippen molar-refractivity contribution in [2.75, 3.05) is 0 Å². The Morgan fingerprint density at radius 1 is 1.31 bits per heavy atom. The van der Waals surface area contributed by atoms with E-state index >= 15 is 0 Å². The van der Waals surface area contributed by atoms with E-state index in [1.54, 1.807) is 0 Å². The molecular formula is C8H8Br4O. The largest absolute Gasteiger partial charge is 0.289 e. The van der Waals surface area contributed by atoms with Crippen molar-refractivity contribution in [3.8, 4) is 11.8 Å². The first-order valence-electron chi connectivity index (χ1n) is 3.59. The monoisotopic (exact) mass is 436 g/mol. The van der Waals surface area contributed by atoms with Gasteiger partial charge in [0.15, 0.2) is 9.52 Å². The lowest BCUT2D eigenvalue weighted by Gasteiger charge is -2.29. The van der Waals surface area contributed by atoms with Crippen LogP contribution >= 0.6 is 63.7 Å². The summed E-state index contributed by atoms with van der Waals surface area (Å²) in [6, 6.07) is 0. The Bertz CT molecular complexity index is 236. The van der Waals surface area contributed by atoms with Crippen LogP contribution in [0.3, 0.4) is 0 Å². The van der Waals surface area contributed by atoms with Gasteiger partial charge < -0.3 is 0 Å². The molecule has 0 heterocycles. The van der Waals surface area contributed by atoms with Crippen molar-refractivity contribution in [3.63, 3.8) is 0 Å². The fourth-order valence-corrected chi connectivity index (χ4v) is 2.30. The van der Waals surface area contributed by atoms with Crippen molar-refractivity contribution in [2.45, 2.75) is 26.2 Å². The number of carbonyl (C=O) groups excluding carboxylic acids is 1. The van der Waals surface area contributed by atoms with Gasteiger partial charge in [0, 0.05) is 0 Å². The SMILES string of the molecule is CCCC(Br)(Br)C(Br)(Br)C#CC=O. The van der Waals surface area contributed by atoms with Crippen LogP contribution in [0.4, 0.5) is 0 Å². The average Bonchev–Trinajstić information content (AvgIpc) is 2.00. The van der Waals surface area contributed by atoms with Gasteiger partial charge in [0.05, 0.1) is 0 Å². The van der Waals surface area contributed by atoms with Crippen LogP contribution in [-0.4, -0.2) is 12.8 Å². The minimum absolute atomic E-state index is 0.377. The Morgan fingerprint density at radius 3 is 2.23 bits per heavy atom. The molecule has 0 spiro atoms. The van der Waals surface area contributed by atoms with Crippen molar-refractivity contribution in [1.29, 1.82) is 0 Å². The van der Waals surface area contributed by atoms with Gasteiger partial charge in [0.25, 0.3) is 0 Å². The first kappa shape index (κ1) is 14.2. The number of hydrogen-bond donors (Lipinski definition) is 0. The smallest absolute Gasteiger partial charge is 0.192 e. The zero-order valence-corrected chi connectivity index (χ0v) is 13.3. The molecule has 0 aliphatic heterocycles. The van der Waals surface area contributed by atoms with E-state index in [-0.39, 0.29) is 3.23 Å². The van der Waals surface area contributed by atoms with Crippen LogP contribution in [0.15, 0.2) is 0 Å². The van der Waals surface area contributed by atoms with Crippen LogP contribution in [0.1, 0.15) is 19.8 Å². The van der Waals surface area contributed by atoms with E-state index in [4.69, 9.17) is 0 Å². The summed E-state index contributed by atoms with van der Waals surface area (Å²) in [7, 11) is 0. The Hall–Kier alpha value is 1.15. The molecule has 0 aliphatic rings. The molecule has 0 unspecified atom stereocenters. The van der Waals surface area contributed by atoms with E-state index in [0.717, 1.165) is 12.8 Å². The summed E-state index contributed by atoms with van der Waals surface area (Å²) in [5.41, 5.74) is 0. The molecule has 0 radical (unpaired) electrons. The molecule has 0 aliphatic carbocycles. The van der Waals surface area contributed by atoms with E-state index in [2.05, 4.69) is 82.5 Å². The lowest BCUT2D eigenvalue weighted by atomic mass is 10.2. The molecule has 0 fully saturated rings. The standard InChI is InChI=1S/C8H8Br4O/c1-2-4-7(9,10)8(11,12)5-3-6-13/h6H,2,4H2,1H3. The van der Waals surface area contributed by atoms with E-state index < -0.39 is 3.23 Å². The molecular weight excluding hydrogens is 432 g/mol. The molecule has 0 bridgehead atoms. The molecule has 0 saturated heterocycles. The lowest BCUT2D eigenvalue weighted by Crippen LogP contribution is -2.32. The van der Waals surface area contributed by atoms with E-state index in [1.165, 1.54) is 0 Å². The maximum Gasteiger partial charge on any atom is 0.192 e. The summed E-state index contributed by atoms with van der Waals surface area (Å²) in [4.78, 5) is 10.1. The normalized spacial score (nSPS) is 11.8. The topological polar surface area (TPSA) is 17.1 Å². The Morgan fingerprint density at radius 2 is 1.85 bits per heavy atom. The van der Waals surface area contributed by atoms with Crippen LogP contribution in [0.5, 0.6) is 0 Å². The summed E-state index contributed by atoms with van der Waals surface area (Å²) in [5, 5.41) is 0. The van der Waals surface area contributed by atoms with Crippen molar-refractivity contribution >= 4 is 70.0 Å². The third kappa shape index (κ3) is 4.46. The highest BCUT2D eigenvalue weighted by Crippen LogP contribution is 2.50. The Kier molecular flexibility index (Phi) is 6.41. The first-order valence-corrected chi connectivity index (χ1v) is 6.76. The predicted molar refractivity (Wildman–Crippen MR) is 69.9 cm³/mol. The first-order chi connectivity index (χ1) is 5.87. The summed E-state index contributed by atoms with van der Waals surface area (Å²) >= 11 is 13.8. The summed E-state index contributed by atoms with van der Waals surface area (Å²) in [6.07, 6.45) is 2.44. The molecule has 0 atom stereocenters. The van der Waals surface area contributed by atoms with Gasteiger partial charge in [-0.3, -0.25) is 4.79 Å². The molecule has 13 heavy (non-hydrogen) atoms. The van der Waals surface area contributed by atoms with Crippen LogP contribution in [0, 0.1) is 11.8 Å². The Balaban J connectivity index is 4.68. The Labute approximate surface area is 112 Å². The quantitative estimate of drug-likeness (QED) is 0.370. The maximum atomic E-state index is 10.1. The molecule has 1 nitrogen and oxygen atoms in total. The summed E-state index contributed by atoms with van der Waals surface area (Å²) in [5.74, 6) is 5.12. The number of halogens is 4. The number of carbonyl (C=O) groups is 1.